The highest BCUT2D eigenvalue weighted by atomic mass is 16.5. The molecule has 0 bridgehead atoms. The molecule has 3 heterocycles. The first-order chi connectivity index (χ1) is 15.2. The van der Waals surface area contributed by atoms with Gasteiger partial charge >= 0.3 is 0 Å². The van der Waals surface area contributed by atoms with Crippen LogP contribution in [-0.2, 0) is 11.3 Å². The van der Waals surface area contributed by atoms with Gasteiger partial charge in [-0.2, -0.15) is 0 Å². The monoisotopic (exact) mass is 442 g/mol. The molecule has 0 radical (unpaired) electrons. The second kappa shape index (κ2) is 9.19. The molecule has 2 fully saturated rings. The highest BCUT2D eigenvalue weighted by molar-refractivity contribution is 6.01. The van der Waals surface area contributed by atoms with Gasteiger partial charge in [0.05, 0.1) is 17.6 Å². The van der Waals surface area contributed by atoms with Gasteiger partial charge in [-0.25, -0.2) is 4.98 Å². The number of carbonyl (C=O) groups is 1. The molecule has 8 nitrogen and oxygen atoms in total. The van der Waals surface area contributed by atoms with E-state index in [-0.39, 0.29) is 23.0 Å². The summed E-state index contributed by atoms with van der Waals surface area (Å²) in [6.45, 7) is 9.52. The number of nitrogens with zero attached hydrogens (tertiary/aromatic N) is 3. The molecule has 32 heavy (non-hydrogen) atoms. The van der Waals surface area contributed by atoms with Gasteiger partial charge in [0.2, 0.25) is 0 Å². The Kier molecular flexibility index (Phi) is 6.53. The molecule has 174 valence electrons. The van der Waals surface area contributed by atoms with Crippen LogP contribution in [0.3, 0.4) is 0 Å². The molecule has 0 unspecified atom stereocenters. The van der Waals surface area contributed by atoms with Crippen LogP contribution in [0.5, 0.6) is 5.75 Å². The number of hydrogen-bond donors (Lipinski definition) is 2. The number of amides is 1. The van der Waals surface area contributed by atoms with Gasteiger partial charge in [-0.05, 0) is 57.6 Å². The first kappa shape index (κ1) is 22.7. The van der Waals surface area contributed by atoms with E-state index < -0.39 is 11.5 Å². The molecule has 0 atom stereocenters. The van der Waals surface area contributed by atoms with E-state index in [1.54, 1.807) is 18.3 Å². The molecule has 2 aromatic rings. The molecule has 1 saturated heterocycles. The molecule has 1 aliphatic heterocycles. The van der Waals surface area contributed by atoms with Crippen molar-refractivity contribution in [1.29, 1.82) is 0 Å². The molecule has 2 aliphatic rings. The molecule has 1 aliphatic carbocycles. The topological polar surface area (TPSA) is 96.7 Å². The minimum Gasteiger partial charge on any atom is -0.506 e. The minimum absolute atomic E-state index is 0.0335. The second-order valence-corrected chi connectivity index (χ2v) is 9.87. The van der Waals surface area contributed by atoms with Crippen LogP contribution in [0.1, 0.15) is 56.8 Å². The number of aromatic nitrogens is 2. The lowest BCUT2D eigenvalue weighted by Crippen LogP contribution is -2.49. The smallest absolute Gasteiger partial charge is 0.268 e. The summed E-state index contributed by atoms with van der Waals surface area (Å²) in [4.78, 5) is 33.1. The van der Waals surface area contributed by atoms with E-state index in [9.17, 15) is 14.7 Å². The van der Waals surface area contributed by atoms with E-state index in [1.807, 2.05) is 0 Å². The summed E-state index contributed by atoms with van der Waals surface area (Å²) in [5, 5.41) is 14.2. The van der Waals surface area contributed by atoms with Crippen molar-refractivity contribution >= 4 is 16.9 Å². The average Bonchev–Trinajstić information content (AvgIpc) is 2.75. The fourth-order valence-electron chi connectivity index (χ4n) is 4.88. The van der Waals surface area contributed by atoms with Crippen LogP contribution in [0.4, 0.5) is 0 Å². The van der Waals surface area contributed by atoms with Crippen LogP contribution in [-0.4, -0.2) is 63.3 Å². The lowest BCUT2D eigenvalue weighted by Gasteiger charge is -2.38. The van der Waals surface area contributed by atoms with E-state index in [2.05, 4.69) is 36.0 Å². The lowest BCUT2D eigenvalue weighted by molar-refractivity contribution is -0.0864. The maximum Gasteiger partial charge on any atom is 0.268 e. The fraction of sp³-hybridized carbons (Fsp3) is 0.625. The van der Waals surface area contributed by atoms with Crippen LogP contribution in [0.25, 0.3) is 11.0 Å². The van der Waals surface area contributed by atoms with Crippen molar-refractivity contribution < 1.29 is 14.6 Å². The number of ether oxygens (including phenoxy) is 1. The highest BCUT2D eigenvalue weighted by Gasteiger charge is 2.29. The number of rotatable bonds is 5. The summed E-state index contributed by atoms with van der Waals surface area (Å²) in [6, 6.07) is 3.43. The van der Waals surface area contributed by atoms with Crippen molar-refractivity contribution in [3.05, 3.63) is 34.2 Å². The van der Waals surface area contributed by atoms with Gasteiger partial charge in [-0.15, -0.1) is 0 Å². The summed E-state index contributed by atoms with van der Waals surface area (Å²) in [6.07, 6.45) is 5.49. The average molecular weight is 443 g/mol. The van der Waals surface area contributed by atoms with Crippen molar-refractivity contribution in [2.24, 2.45) is 5.92 Å². The van der Waals surface area contributed by atoms with Gasteiger partial charge in [0, 0.05) is 38.4 Å². The molecule has 1 saturated carbocycles. The summed E-state index contributed by atoms with van der Waals surface area (Å²) < 4.78 is 7.30. The Hall–Kier alpha value is -2.45. The first-order valence-electron chi connectivity index (χ1n) is 11.6. The summed E-state index contributed by atoms with van der Waals surface area (Å²) in [5.74, 6) is -0.131. The van der Waals surface area contributed by atoms with Gasteiger partial charge < -0.3 is 15.2 Å². The first-order valence-corrected chi connectivity index (χ1v) is 11.6. The number of nitrogens with one attached hydrogen (secondary N) is 1. The SMILES string of the molecule is CC1CCC(NC(=O)c2c(O)c3cccnc3n(CCN3CCOC(C)(C)C3)c2=O)CC1. The Morgan fingerprint density at radius 1 is 1.28 bits per heavy atom. The maximum atomic E-state index is 13.4. The normalized spacial score (nSPS) is 23.8. The largest absolute Gasteiger partial charge is 0.506 e. The van der Waals surface area contributed by atoms with Crippen molar-refractivity contribution in [2.75, 3.05) is 26.2 Å². The number of pyridine rings is 2. The zero-order valence-electron chi connectivity index (χ0n) is 19.3. The Balaban J connectivity index is 1.62. The Morgan fingerprint density at radius 2 is 2.03 bits per heavy atom. The lowest BCUT2D eigenvalue weighted by atomic mass is 9.87. The number of morpholine rings is 1. The van der Waals surface area contributed by atoms with Gasteiger partial charge in [0.15, 0.2) is 0 Å². The van der Waals surface area contributed by atoms with Crippen LogP contribution >= 0.6 is 0 Å². The molecule has 2 aromatic heterocycles. The van der Waals surface area contributed by atoms with Gasteiger partial charge in [0.1, 0.15) is 17.0 Å². The predicted molar refractivity (Wildman–Crippen MR) is 123 cm³/mol. The number of aromatic hydroxyl groups is 1. The Labute approximate surface area is 188 Å². The quantitative estimate of drug-likeness (QED) is 0.739. The summed E-state index contributed by atoms with van der Waals surface area (Å²) in [7, 11) is 0. The zero-order valence-corrected chi connectivity index (χ0v) is 19.3. The van der Waals surface area contributed by atoms with Gasteiger partial charge in [-0.3, -0.25) is 19.1 Å². The molecule has 4 rings (SSSR count). The van der Waals surface area contributed by atoms with E-state index in [1.165, 1.54) is 4.57 Å². The molecular weight excluding hydrogens is 408 g/mol. The number of carbonyl (C=O) groups excluding carboxylic acids is 1. The third kappa shape index (κ3) is 4.81. The number of fused-ring (bicyclic) bond motifs is 1. The summed E-state index contributed by atoms with van der Waals surface area (Å²) in [5.41, 5.74) is -0.527. The van der Waals surface area contributed by atoms with Crippen LogP contribution in [0.2, 0.25) is 0 Å². The zero-order chi connectivity index (χ0) is 22.9. The van der Waals surface area contributed by atoms with E-state index in [4.69, 9.17) is 4.74 Å². The third-order valence-electron chi connectivity index (χ3n) is 6.72. The Bertz CT molecular complexity index is 1040. The number of hydrogen-bond acceptors (Lipinski definition) is 6. The van der Waals surface area contributed by atoms with Crippen molar-refractivity contribution in [3.63, 3.8) is 0 Å². The highest BCUT2D eigenvalue weighted by Crippen LogP contribution is 2.27. The van der Waals surface area contributed by atoms with E-state index in [0.29, 0.717) is 36.6 Å². The molecule has 8 heteroatoms. The van der Waals surface area contributed by atoms with Gasteiger partial charge in [0.25, 0.3) is 11.5 Å². The van der Waals surface area contributed by atoms with E-state index in [0.717, 1.165) is 38.8 Å². The van der Waals surface area contributed by atoms with Crippen LogP contribution in [0.15, 0.2) is 23.1 Å². The maximum absolute atomic E-state index is 13.4. The fourth-order valence-corrected chi connectivity index (χ4v) is 4.88. The predicted octanol–water partition coefficient (Wildman–Crippen LogP) is 2.52. The standard InChI is InChI=1S/C24H34N4O4/c1-16-6-8-17(9-7-16)26-22(30)19-20(29)18-5-4-10-25-21(18)28(23(19)31)12-11-27-13-14-32-24(2,3)15-27/h4-5,10,16-17,29H,6-9,11-15H2,1-3H3,(H,26,30). The third-order valence-corrected chi connectivity index (χ3v) is 6.72. The molecule has 0 spiro atoms. The van der Waals surface area contributed by atoms with Crippen molar-refractivity contribution in [3.8, 4) is 5.75 Å². The van der Waals surface area contributed by atoms with Crippen LogP contribution < -0.4 is 10.9 Å². The molecule has 1 amide bonds. The van der Waals surface area contributed by atoms with E-state index >= 15 is 0 Å². The van der Waals surface area contributed by atoms with Crippen LogP contribution in [0, 0.1) is 5.92 Å². The van der Waals surface area contributed by atoms with Crippen molar-refractivity contribution in [1.82, 2.24) is 19.8 Å². The minimum atomic E-state index is -0.501. The molecule has 2 N–H and O–H groups in total. The second-order valence-electron chi connectivity index (χ2n) is 9.87. The summed E-state index contributed by atoms with van der Waals surface area (Å²) >= 11 is 0. The Morgan fingerprint density at radius 3 is 2.75 bits per heavy atom. The molecule has 0 aromatic carbocycles. The van der Waals surface area contributed by atoms with Gasteiger partial charge in [-0.1, -0.05) is 6.92 Å². The van der Waals surface area contributed by atoms with Crippen molar-refractivity contribution in [2.45, 2.75) is 64.6 Å². The molecular formula is C24H34N4O4.